The van der Waals surface area contributed by atoms with E-state index in [4.69, 9.17) is 16.3 Å². The van der Waals surface area contributed by atoms with Crippen LogP contribution in [0.25, 0.3) is 0 Å². The summed E-state index contributed by atoms with van der Waals surface area (Å²) in [7, 11) is 1.54. The third kappa shape index (κ3) is 5.11. The SMILES string of the molecule is COc1ccc(N(C(=O)CCl)[C@H](C(=O)NC2CCCCC2)c2ccccc2F)cc1. The number of halogens is 2. The van der Waals surface area contributed by atoms with Gasteiger partial charge in [-0.15, -0.1) is 11.6 Å². The van der Waals surface area contributed by atoms with Crippen LogP contribution in [-0.4, -0.2) is 30.8 Å². The number of rotatable bonds is 7. The van der Waals surface area contributed by atoms with Crippen LogP contribution in [0.2, 0.25) is 0 Å². The van der Waals surface area contributed by atoms with Gasteiger partial charge in [-0.25, -0.2) is 4.39 Å². The molecule has 1 aliphatic carbocycles. The van der Waals surface area contributed by atoms with Gasteiger partial charge in [-0.1, -0.05) is 37.5 Å². The van der Waals surface area contributed by atoms with Crippen molar-refractivity contribution in [2.45, 2.75) is 44.2 Å². The number of carbonyl (C=O) groups excluding carboxylic acids is 2. The summed E-state index contributed by atoms with van der Waals surface area (Å²) in [6.45, 7) is 0. The number of alkyl halides is 1. The molecule has 2 aromatic rings. The Morgan fingerprint density at radius 3 is 2.40 bits per heavy atom. The van der Waals surface area contributed by atoms with Crippen LogP contribution >= 0.6 is 11.6 Å². The molecular formula is C23H26ClFN2O3. The first-order chi connectivity index (χ1) is 14.5. The van der Waals surface area contributed by atoms with E-state index in [0.29, 0.717) is 11.4 Å². The van der Waals surface area contributed by atoms with Crippen LogP contribution in [-0.2, 0) is 9.59 Å². The average molecular weight is 433 g/mol. The van der Waals surface area contributed by atoms with Crippen molar-refractivity contribution in [3.8, 4) is 5.75 Å². The van der Waals surface area contributed by atoms with Crippen LogP contribution in [0.3, 0.4) is 0 Å². The van der Waals surface area contributed by atoms with E-state index in [1.165, 1.54) is 24.1 Å². The van der Waals surface area contributed by atoms with E-state index in [1.807, 2.05) is 0 Å². The van der Waals surface area contributed by atoms with Crippen molar-refractivity contribution >= 4 is 29.1 Å². The van der Waals surface area contributed by atoms with E-state index < -0.39 is 23.7 Å². The molecule has 30 heavy (non-hydrogen) atoms. The summed E-state index contributed by atoms with van der Waals surface area (Å²) in [6, 6.07) is 11.5. The van der Waals surface area contributed by atoms with Crippen LogP contribution in [0.15, 0.2) is 48.5 Å². The van der Waals surface area contributed by atoms with Crippen LogP contribution in [0.4, 0.5) is 10.1 Å². The first-order valence-corrected chi connectivity index (χ1v) is 10.7. The number of anilines is 1. The number of methoxy groups -OCH3 is 1. The van der Waals surface area contributed by atoms with Gasteiger partial charge in [-0.3, -0.25) is 14.5 Å². The van der Waals surface area contributed by atoms with Crippen LogP contribution in [0.5, 0.6) is 5.75 Å². The Kier molecular flexibility index (Phi) is 7.69. The van der Waals surface area contributed by atoms with Crippen molar-refractivity contribution in [2.24, 2.45) is 0 Å². The highest BCUT2D eigenvalue weighted by molar-refractivity contribution is 6.29. The molecule has 1 aliphatic rings. The number of nitrogens with one attached hydrogen (secondary N) is 1. The first kappa shape index (κ1) is 22.1. The smallest absolute Gasteiger partial charge is 0.248 e. The van der Waals surface area contributed by atoms with Gasteiger partial charge in [0.2, 0.25) is 11.8 Å². The minimum atomic E-state index is -1.17. The molecule has 1 atom stereocenters. The molecule has 7 heteroatoms. The van der Waals surface area contributed by atoms with Gasteiger partial charge < -0.3 is 10.1 Å². The molecule has 0 unspecified atom stereocenters. The highest BCUT2D eigenvalue weighted by Gasteiger charge is 2.35. The maximum Gasteiger partial charge on any atom is 0.248 e. The molecule has 3 rings (SSSR count). The quantitative estimate of drug-likeness (QED) is 0.650. The lowest BCUT2D eigenvalue weighted by Gasteiger charge is -2.33. The summed E-state index contributed by atoms with van der Waals surface area (Å²) < 4.78 is 19.9. The molecule has 2 amide bonds. The molecule has 2 aromatic carbocycles. The highest BCUT2D eigenvalue weighted by Crippen LogP contribution is 2.31. The Balaban J connectivity index is 2.02. The molecule has 0 bridgehead atoms. The zero-order valence-corrected chi connectivity index (χ0v) is 17.7. The van der Waals surface area contributed by atoms with E-state index in [2.05, 4.69) is 5.32 Å². The lowest BCUT2D eigenvalue weighted by atomic mass is 9.94. The van der Waals surface area contributed by atoms with Gasteiger partial charge in [0.05, 0.1) is 7.11 Å². The fourth-order valence-electron chi connectivity index (χ4n) is 3.87. The summed E-state index contributed by atoms with van der Waals surface area (Å²) in [6.07, 6.45) is 4.98. The molecule has 160 valence electrons. The number of hydrogen-bond donors (Lipinski definition) is 1. The normalized spacial score (nSPS) is 15.3. The fourth-order valence-corrected chi connectivity index (χ4v) is 3.99. The molecule has 0 saturated heterocycles. The van der Waals surface area contributed by atoms with E-state index in [1.54, 1.807) is 36.4 Å². The van der Waals surface area contributed by atoms with E-state index in [9.17, 15) is 14.0 Å². The molecule has 5 nitrogen and oxygen atoms in total. The van der Waals surface area contributed by atoms with Crippen LogP contribution < -0.4 is 15.0 Å². The Hall–Kier alpha value is -2.60. The van der Waals surface area contributed by atoms with E-state index >= 15 is 0 Å². The van der Waals surface area contributed by atoms with Crippen molar-refractivity contribution in [1.29, 1.82) is 0 Å². The summed E-state index contributed by atoms with van der Waals surface area (Å²) in [5, 5.41) is 3.03. The molecule has 0 aromatic heterocycles. The molecule has 1 saturated carbocycles. The summed E-state index contributed by atoms with van der Waals surface area (Å²) in [5.41, 5.74) is 0.564. The maximum absolute atomic E-state index is 14.8. The molecule has 1 N–H and O–H groups in total. The highest BCUT2D eigenvalue weighted by atomic mass is 35.5. The van der Waals surface area contributed by atoms with Gasteiger partial charge in [0.1, 0.15) is 23.5 Å². The number of carbonyl (C=O) groups is 2. The zero-order valence-electron chi connectivity index (χ0n) is 16.9. The van der Waals surface area contributed by atoms with E-state index in [-0.39, 0.29) is 17.5 Å². The Morgan fingerprint density at radius 1 is 1.13 bits per heavy atom. The second-order valence-corrected chi connectivity index (χ2v) is 7.63. The van der Waals surface area contributed by atoms with Crippen molar-refractivity contribution in [3.63, 3.8) is 0 Å². The Bertz CT molecular complexity index is 869. The number of benzene rings is 2. The van der Waals surface area contributed by atoms with Crippen molar-refractivity contribution in [2.75, 3.05) is 17.9 Å². The summed E-state index contributed by atoms with van der Waals surface area (Å²) in [5.74, 6) is -1.20. The zero-order chi connectivity index (χ0) is 21.5. The maximum atomic E-state index is 14.8. The first-order valence-electron chi connectivity index (χ1n) is 10.1. The fraction of sp³-hybridized carbons (Fsp3) is 0.391. The number of amides is 2. The van der Waals surface area contributed by atoms with Gasteiger partial charge in [0.15, 0.2) is 0 Å². The van der Waals surface area contributed by atoms with Gasteiger partial charge in [0, 0.05) is 17.3 Å². The average Bonchev–Trinajstić information content (AvgIpc) is 2.78. The van der Waals surface area contributed by atoms with Gasteiger partial charge in [0.25, 0.3) is 0 Å². The molecule has 0 aliphatic heterocycles. The van der Waals surface area contributed by atoms with Crippen LogP contribution in [0, 0.1) is 5.82 Å². The Morgan fingerprint density at radius 2 is 1.80 bits per heavy atom. The molecule has 0 spiro atoms. The second kappa shape index (κ2) is 10.4. The van der Waals surface area contributed by atoms with Gasteiger partial charge >= 0.3 is 0 Å². The number of ether oxygens (including phenoxy) is 1. The third-order valence-electron chi connectivity index (χ3n) is 5.39. The van der Waals surface area contributed by atoms with Crippen molar-refractivity contribution in [3.05, 3.63) is 59.9 Å². The number of hydrogen-bond acceptors (Lipinski definition) is 3. The summed E-state index contributed by atoms with van der Waals surface area (Å²) >= 11 is 5.88. The van der Waals surface area contributed by atoms with Crippen LogP contribution in [0.1, 0.15) is 43.7 Å². The van der Waals surface area contributed by atoms with Gasteiger partial charge in [-0.05, 0) is 43.2 Å². The third-order valence-corrected chi connectivity index (χ3v) is 5.62. The van der Waals surface area contributed by atoms with Gasteiger partial charge in [-0.2, -0.15) is 0 Å². The Labute approximate surface area is 181 Å². The van der Waals surface area contributed by atoms with E-state index in [0.717, 1.165) is 32.1 Å². The minimum Gasteiger partial charge on any atom is -0.497 e. The molecule has 0 radical (unpaired) electrons. The lowest BCUT2D eigenvalue weighted by Crippen LogP contribution is -2.48. The van der Waals surface area contributed by atoms with Crippen molar-refractivity contribution < 1.29 is 18.7 Å². The van der Waals surface area contributed by atoms with Crippen molar-refractivity contribution in [1.82, 2.24) is 5.32 Å². The molecular weight excluding hydrogens is 407 g/mol. The number of nitrogens with zero attached hydrogens (tertiary/aromatic N) is 1. The topological polar surface area (TPSA) is 58.6 Å². The monoisotopic (exact) mass is 432 g/mol. The minimum absolute atomic E-state index is 0.0179. The predicted octanol–water partition coefficient (Wildman–Crippen LogP) is 4.60. The molecule has 0 heterocycles. The molecule has 1 fully saturated rings. The standard InChI is InChI=1S/C23H26ClFN2O3/c1-30-18-13-11-17(12-14-18)27(21(28)15-24)22(19-9-5-6-10-20(19)25)23(29)26-16-7-3-2-4-8-16/h5-6,9-14,16,22H,2-4,7-8,15H2,1H3,(H,26,29)/t22-/m0/s1. The summed E-state index contributed by atoms with van der Waals surface area (Å²) in [4.78, 5) is 27.5. The predicted molar refractivity (Wildman–Crippen MR) is 115 cm³/mol. The largest absolute Gasteiger partial charge is 0.497 e. The lowest BCUT2D eigenvalue weighted by molar-refractivity contribution is -0.126. The second-order valence-electron chi connectivity index (χ2n) is 7.36.